The first-order valence-corrected chi connectivity index (χ1v) is 11.1. The van der Waals surface area contributed by atoms with Crippen molar-refractivity contribution in [1.82, 2.24) is 5.32 Å². The molecule has 1 aliphatic rings. The Hall–Kier alpha value is -2.47. The highest BCUT2D eigenvalue weighted by molar-refractivity contribution is 8.00. The van der Waals surface area contributed by atoms with Gasteiger partial charge in [0.15, 0.2) is 0 Å². The number of hydrogen-bond donors (Lipinski definition) is 2. The third-order valence-electron chi connectivity index (χ3n) is 5.03. The smallest absolute Gasteiger partial charge is 0.252 e. The predicted octanol–water partition coefficient (Wildman–Crippen LogP) is 4.88. The maximum absolute atomic E-state index is 12.8. The number of anilines is 1. The molecule has 2 aromatic carbocycles. The van der Waals surface area contributed by atoms with Gasteiger partial charge >= 0.3 is 0 Å². The monoisotopic (exact) mass is 412 g/mol. The molecular weight excluding hydrogens is 384 g/mol. The molecule has 154 valence electrons. The van der Waals surface area contributed by atoms with Crippen molar-refractivity contribution in [2.24, 2.45) is 0 Å². The van der Waals surface area contributed by atoms with Crippen molar-refractivity contribution in [2.75, 3.05) is 18.2 Å². The van der Waals surface area contributed by atoms with E-state index in [-0.39, 0.29) is 23.6 Å². The van der Waals surface area contributed by atoms with Gasteiger partial charge in [-0.05, 0) is 37.1 Å². The lowest BCUT2D eigenvalue weighted by Gasteiger charge is -2.17. The number of methoxy groups -OCH3 is 1. The summed E-state index contributed by atoms with van der Waals surface area (Å²) < 4.78 is 5.18. The van der Waals surface area contributed by atoms with Crippen LogP contribution in [0.4, 0.5) is 5.69 Å². The van der Waals surface area contributed by atoms with Crippen molar-refractivity contribution in [2.45, 2.75) is 49.5 Å². The molecule has 1 fully saturated rings. The fourth-order valence-corrected chi connectivity index (χ4v) is 4.36. The number of nitrogens with one attached hydrogen (secondary N) is 2. The van der Waals surface area contributed by atoms with Crippen LogP contribution in [-0.2, 0) is 4.79 Å². The molecule has 2 amide bonds. The maximum atomic E-state index is 12.8. The van der Waals surface area contributed by atoms with Gasteiger partial charge in [0.25, 0.3) is 5.91 Å². The largest absolute Gasteiger partial charge is 0.497 e. The van der Waals surface area contributed by atoms with E-state index >= 15 is 0 Å². The van der Waals surface area contributed by atoms with Crippen LogP contribution in [0.3, 0.4) is 0 Å². The molecule has 0 heterocycles. The van der Waals surface area contributed by atoms with Gasteiger partial charge in [-0.3, -0.25) is 9.59 Å². The Bertz CT molecular complexity index is 832. The van der Waals surface area contributed by atoms with E-state index in [1.807, 2.05) is 42.5 Å². The van der Waals surface area contributed by atoms with Crippen molar-refractivity contribution in [3.05, 3.63) is 54.1 Å². The van der Waals surface area contributed by atoms with Crippen LogP contribution in [0.5, 0.6) is 5.75 Å². The zero-order chi connectivity index (χ0) is 20.5. The molecule has 0 radical (unpaired) electrons. The predicted molar refractivity (Wildman–Crippen MR) is 118 cm³/mol. The van der Waals surface area contributed by atoms with Crippen LogP contribution in [0.15, 0.2) is 53.4 Å². The Morgan fingerprint density at radius 1 is 1.03 bits per heavy atom. The zero-order valence-electron chi connectivity index (χ0n) is 16.8. The summed E-state index contributed by atoms with van der Waals surface area (Å²) in [5, 5.41) is 6.06. The Morgan fingerprint density at radius 2 is 1.79 bits per heavy atom. The highest BCUT2D eigenvalue weighted by atomic mass is 32.2. The highest BCUT2D eigenvalue weighted by Gasteiger charge is 2.18. The number of carbonyl (C=O) groups is 2. The fourth-order valence-electron chi connectivity index (χ4n) is 3.51. The van der Waals surface area contributed by atoms with Crippen molar-refractivity contribution in [3.8, 4) is 5.75 Å². The first-order chi connectivity index (χ1) is 14.2. The summed E-state index contributed by atoms with van der Waals surface area (Å²) in [5.74, 6) is 0.747. The van der Waals surface area contributed by atoms with Crippen molar-refractivity contribution >= 4 is 29.3 Å². The second-order valence-corrected chi connectivity index (χ2v) is 8.24. The second-order valence-electron chi connectivity index (χ2n) is 7.23. The minimum absolute atomic E-state index is 0.0480. The Kier molecular flexibility index (Phi) is 7.99. The summed E-state index contributed by atoms with van der Waals surface area (Å²) in [7, 11) is 1.59. The van der Waals surface area contributed by atoms with Gasteiger partial charge in [-0.25, -0.2) is 0 Å². The van der Waals surface area contributed by atoms with Gasteiger partial charge in [-0.1, -0.05) is 43.9 Å². The summed E-state index contributed by atoms with van der Waals surface area (Å²) in [6, 6.07) is 15.0. The highest BCUT2D eigenvalue weighted by Crippen LogP contribution is 2.24. The van der Waals surface area contributed by atoms with Crippen LogP contribution >= 0.6 is 11.8 Å². The van der Waals surface area contributed by atoms with Crippen molar-refractivity contribution < 1.29 is 14.3 Å². The van der Waals surface area contributed by atoms with Crippen LogP contribution in [0.1, 0.15) is 48.9 Å². The molecule has 0 aliphatic heterocycles. The topological polar surface area (TPSA) is 67.4 Å². The Balaban J connectivity index is 1.58. The molecule has 29 heavy (non-hydrogen) atoms. The lowest BCUT2D eigenvalue weighted by Crippen LogP contribution is -2.34. The van der Waals surface area contributed by atoms with Crippen molar-refractivity contribution in [3.63, 3.8) is 0 Å². The molecule has 1 aliphatic carbocycles. The van der Waals surface area contributed by atoms with E-state index in [2.05, 4.69) is 10.6 Å². The molecule has 2 N–H and O–H groups in total. The summed E-state index contributed by atoms with van der Waals surface area (Å²) in [6.45, 7) is 0. The quantitative estimate of drug-likeness (QED) is 0.502. The molecule has 2 aromatic rings. The van der Waals surface area contributed by atoms with E-state index in [0.29, 0.717) is 17.0 Å². The molecule has 0 spiro atoms. The normalized spacial score (nSPS) is 14.7. The minimum atomic E-state index is -0.123. The van der Waals surface area contributed by atoms with E-state index in [1.165, 1.54) is 37.4 Å². The third kappa shape index (κ3) is 6.53. The summed E-state index contributed by atoms with van der Waals surface area (Å²) >= 11 is 1.37. The molecular formula is C23H28N2O3S. The van der Waals surface area contributed by atoms with Gasteiger partial charge in [0.05, 0.1) is 18.4 Å². The van der Waals surface area contributed by atoms with Gasteiger partial charge < -0.3 is 15.4 Å². The average Bonchev–Trinajstić information content (AvgIpc) is 3.01. The van der Waals surface area contributed by atoms with Crippen LogP contribution in [0, 0.1) is 0 Å². The number of rotatable bonds is 7. The van der Waals surface area contributed by atoms with E-state index in [0.717, 1.165) is 17.7 Å². The molecule has 5 nitrogen and oxygen atoms in total. The van der Waals surface area contributed by atoms with Gasteiger partial charge in [0.2, 0.25) is 5.91 Å². The van der Waals surface area contributed by atoms with Crippen molar-refractivity contribution in [1.29, 1.82) is 0 Å². The maximum Gasteiger partial charge on any atom is 0.252 e. The number of amides is 2. The Morgan fingerprint density at radius 3 is 2.55 bits per heavy atom. The summed E-state index contributed by atoms with van der Waals surface area (Å²) in [4.78, 5) is 26.0. The molecule has 3 rings (SSSR count). The van der Waals surface area contributed by atoms with E-state index < -0.39 is 0 Å². The first-order valence-electron chi connectivity index (χ1n) is 10.1. The molecule has 0 unspecified atom stereocenters. The van der Waals surface area contributed by atoms with E-state index in [4.69, 9.17) is 4.74 Å². The Labute approximate surface area is 176 Å². The molecule has 0 atom stereocenters. The fraction of sp³-hybridized carbons (Fsp3) is 0.391. The van der Waals surface area contributed by atoms with Gasteiger partial charge in [0.1, 0.15) is 5.75 Å². The molecule has 6 heteroatoms. The van der Waals surface area contributed by atoms with Crippen LogP contribution in [-0.4, -0.2) is 30.7 Å². The lowest BCUT2D eigenvalue weighted by molar-refractivity contribution is -0.113. The number of hydrogen-bond acceptors (Lipinski definition) is 4. The minimum Gasteiger partial charge on any atom is -0.497 e. The number of ether oxygens (including phenoxy) is 1. The van der Waals surface area contributed by atoms with E-state index in [9.17, 15) is 9.59 Å². The summed E-state index contributed by atoms with van der Waals surface area (Å²) in [6.07, 6.45) is 6.94. The number of carbonyl (C=O) groups excluding carboxylic acids is 2. The number of benzene rings is 2. The second kappa shape index (κ2) is 10.9. The van der Waals surface area contributed by atoms with E-state index in [1.54, 1.807) is 13.2 Å². The van der Waals surface area contributed by atoms with Gasteiger partial charge in [-0.2, -0.15) is 0 Å². The van der Waals surface area contributed by atoms with Crippen LogP contribution < -0.4 is 15.4 Å². The molecule has 1 saturated carbocycles. The molecule has 0 bridgehead atoms. The van der Waals surface area contributed by atoms with Crippen LogP contribution in [0.2, 0.25) is 0 Å². The van der Waals surface area contributed by atoms with Gasteiger partial charge in [-0.15, -0.1) is 11.8 Å². The SMILES string of the molecule is COc1cccc(NC(=O)CSc2ccccc2C(=O)NC2CCCCCC2)c1. The lowest BCUT2D eigenvalue weighted by atomic mass is 10.1. The van der Waals surface area contributed by atoms with Gasteiger partial charge in [0, 0.05) is 22.7 Å². The van der Waals surface area contributed by atoms with Crippen LogP contribution in [0.25, 0.3) is 0 Å². The average molecular weight is 413 g/mol. The molecule has 0 saturated heterocycles. The third-order valence-corrected chi connectivity index (χ3v) is 6.11. The molecule has 0 aromatic heterocycles. The standard InChI is InChI=1S/C23H28N2O3S/c1-28-19-12-8-11-18(15-19)24-22(26)16-29-21-14-7-6-13-20(21)23(27)25-17-9-4-2-3-5-10-17/h6-8,11-15,17H,2-5,9-10,16H2,1H3,(H,24,26)(H,25,27). The number of thioether (sulfide) groups is 1. The zero-order valence-corrected chi connectivity index (χ0v) is 17.6. The first kappa shape index (κ1) is 21.2. The summed E-state index contributed by atoms with van der Waals surface area (Å²) in [5.41, 5.74) is 1.32.